The van der Waals surface area contributed by atoms with E-state index < -0.39 is 5.97 Å². The van der Waals surface area contributed by atoms with E-state index in [2.05, 4.69) is 15.2 Å². The van der Waals surface area contributed by atoms with Crippen LogP contribution in [0, 0.1) is 0 Å². The van der Waals surface area contributed by atoms with E-state index in [0.29, 0.717) is 26.8 Å². The lowest BCUT2D eigenvalue weighted by atomic mass is 9.99. The number of carboxylic acid groups (broad SMARTS) is 1. The van der Waals surface area contributed by atoms with Gasteiger partial charge in [-0.25, -0.2) is 9.78 Å². The topological polar surface area (TPSA) is 88.1 Å². The average Bonchev–Trinajstić information content (AvgIpc) is 3.24. The minimum absolute atomic E-state index is 0.0453. The molecule has 2 aromatic heterocycles. The predicted molar refractivity (Wildman–Crippen MR) is 108 cm³/mol. The number of hydrogen-bond acceptors (Lipinski definition) is 4. The Bertz CT molecular complexity index is 1210. The van der Waals surface area contributed by atoms with Gasteiger partial charge < -0.3 is 9.84 Å². The van der Waals surface area contributed by atoms with Gasteiger partial charge in [-0.15, -0.1) is 0 Å². The molecule has 0 amide bonds. The van der Waals surface area contributed by atoms with Crippen molar-refractivity contribution in [2.75, 3.05) is 7.11 Å². The van der Waals surface area contributed by atoms with E-state index in [1.165, 1.54) is 13.2 Å². The van der Waals surface area contributed by atoms with Crippen LogP contribution < -0.4 is 4.74 Å². The molecule has 6 nitrogen and oxygen atoms in total. The van der Waals surface area contributed by atoms with Gasteiger partial charge in [0.1, 0.15) is 11.3 Å². The van der Waals surface area contributed by atoms with Crippen LogP contribution in [0.1, 0.15) is 10.4 Å². The molecular weight excluding hydrogens is 401 g/mol. The number of aromatic amines is 1. The fraction of sp³-hybridized carbons (Fsp3) is 0.0500. The van der Waals surface area contributed by atoms with Gasteiger partial charge in [-0.2, -0.15) is 5.10 Å². The van der Waals surface area contributed by atoms with Gasteiger partial charge in [0.2, 0.25) is 0 Å². The molecule has 140 valence electrons. The van der Waals surface area contributed by atoms with Crippen LogP contribution in [0.4, 0.5) is 0 Å². The number of rotatable bonds is 4. The Morgan fingerprint density at radius 2 is 1.96 bits per heavy atom. The van der Waals surface area contributed by atoms with Crippen molar-refractivity contribution >= 4 is 40.1 Å². The van der Waals surface area contributed by atoms with Crippen molar-refractivity contribution in [3.05, 3.63) is 64.4 Å². The first-order valence-electron chi connectivity index (χ1n) is 8.19. The molecule has 0 saturated carbocycles. The maximum atomic E-state index is 11.6. The van der Waals surface area contributed by atoms with Gasteiger partial charge in [-0.05, 0) is 35.9 Å². The van der Waals surface area contributed by atoms with E-state index in [-0.39, 0.29) is 11.3 Å². The Morgan fingerprint density at radius 3 is 2.64 bits per heavy atom. The molecule has 4 rings (SSSR count). The molecule has 0 unspecified atom stereocenters. The van der Waals surface area contributed by atoms with Crippen molar-refractivity contribution in [2.45, 2.75) is 0 Å². The molecule has 28 heavy (non-hydrogen) atoms. The molecule has 8 heteroatoms. The number of pyridine rings is 1. The first kappa shape index (κ1) is 18.3. The van der Waals surface area contributed by atoms with Gasteiger partial charge >= 0.3 is 5.97 Å². The SMILES string of the molecule is COc1ccc(-c2cc(-c3cn[nH]c3)c3ccc(Cl)c(Cl)c3n2)cc1C(=O)O. The Kier molecular flexibility index (Phi) is 4.66. The molecule has 0 aliphatic heterocycles. The summed E-state index contributed by atoms with van der Waals surface area (Å²) in [6, 6.07) is 10.3. The predicted octanol–water partition coefficient (Wildman–Crippen LogP) is 5.31. The monoisotopic (exact) mass is 413 g/mol. The minimum atomic E-state index is -1.09. The van der Waals surface area contributed by atoms with Crippen LogP contribution in [-0.2, 0) is 0 Å². The number of carbonyl (C=O) groups is 1. The summed E-state index contributed by atoms with van der Waals surface area (Å²) in [4.78, 5) is 16.2. The summed E-state index contributed by atoms with van der Waals surface area (Å²) >= 11 is 12.6. The minimum Gasteiger partial charge on any atom is -0.496 e. The number of halogens is 2. The molecule has 2 N–H and O–H groups in total. The molecule has 0 bridgehead atoms. The van der Waals surface area contributed by atoms with Crippen molar-refractivity contribution in [3.63, 3.8) is 0 Å². The summed E-state index contributed by atoms with van der Waals surface area (Å²) in [5, 5.41) is 17.8. The normalized spacial score (nSPS) is 11.0. The van der Waals surface area contributed by atoms with Gasteiger partial charge in [-0.1, -0.05) is 29.3 Å². The van der Waals surface area contributed by atoms with Crippen LogP contribution in [-0.4, -0.2) is 33.4 Å². The number of nitrogens with zero attached hydrogens (tertiary/aromatic N) is 2. The van der Waals surface area contributed by atoms with Gasteiger partial charge in [-0.3, -0.25) is 5.10 Å². The summed E-state index contributed by atoms with van der Waals surface area (Å²) in [6.07, 6.45) is 3.45. The lowest BCUT2D eigenvalue weighted by Crippen LogP contribution is -2.01. The Morgan fingerprint density at radius 1 is 1.14 bits per heavy atom. The summed E-state index contributed by atoms with van der Waals surface area (Å²) in [7, 11) is 1.43. The molecule has 0 radical (unpaired) electrons. The molecule has 0 aliphatic rings. The van der Waals surface area contributed by atoms with Crippen molar-refractivity contribution in [2.24, 2.45) is 0 Å². The van der Waals surface area contributed by atoms with Crippen LogP contribution in [0.3, 0.4) is 0 Å². The third-order valence-corrected chi connectivity index (χ3v) is 5.20. The number of benzene rings is 2. The second-order valence-electron chi connectivity index (χ2n) is 6.02. The highest BCUT2D eigenvalue weighted by molar-refractivity contribution is 6.45. The Hall–Kier alpha value is -3.09. The second kappa shape index (κ2) is 7.14. The van der Waals surface area contributed by atoms with Crippen molar-refractivity contribution in [1.82, 2.24) is 15.2 Å². The summed E-state index contributed by atoms with van der Waals surface area (Å²) in [5.74, 6) is -0.816. The van der Waals surface area contributed by atoms with Crippen LogP contribution >= 0.6 is 23.2 Å². The molecule has 2 aromatic carbocycles. The highest BCUT2D eigenvalue weighted by Crippen LogP contribution is 2.38. The molecule has 0 fully saturated rings. The number of carboxylic acids is 1. The molecular formula is C20H13Cl2N3O3. The van der Waals surface area contributed by atoms with Crippen LogP contribution in [0.5, 0.6) is 5.75 Å². The molecule has 2 heterocycles. The lowest BCUT2D eigenvalue weighted by Gasteiger charge is -2.12. The maximum Gasteiger partial charge on any atom is 0.339 e. The third-order valence-electron chi connectivity index (χ3n) is 4.41. The van der Waals surface area contributed by atoms with E-state index in [9.17, 15) is 9.90 Å². The summed E-state index contributed by atoms with van der Waals surface area (Å²) in [6.45, 7) is 0. The van der Waals surface area contributed by atoms with Gasteiger partial charge in [0.05, 0.1) is 34.6 Å². The van der Waals surface area contributed by atoms with Crippen molar-refractivity contribution in [1.29, 1.82) is 0 Å². The maximum absolute atomic E-state index is 11.6. The zero-order valence-corrected chi connectivity index (χ0v) is 16.0. The highest BCUT2D eigenvalue weighted by atomic mass is 35.5. The average molecular weight is 414 g/mol. The first-order chi connectivity index (χ1) is 13.5. The Balaban J connectivity index is 2.02. The Labute approximate surface area is 169 Å². The first-order valence-corrected chi connectivity index (χ1v) is 8.95. The molecule has 0 saturated heterocycles. The van der Waals surface area contributed by atoms with E-state index in [4.69, 9.17) is 27.9 Å². The summed E-state index contributed by atoms with van der Waals surface area (Å²) < 4.78 is 5.13. The van der Waals surface area contributed by atoms with Crippen molar-refractivity contribution < 1.29 is 14.6 Å². The van der Waals surface area contributed by atoms with Crippen molar-refractivity contribution in [3.8, 4) is 28.1 Å². The highest BCUT2D eigenvalue weighted by Gasteiger charge is 2.17. The molecule has 0 aliphatic carbocycles. The van der Waals surface area contributed by atoms with Crippen LogP contribution in [0.2, 0.25) is 10.0 Å². The standard InChI is InChI=1S/C20H13Cl2N3O3/c1-28-17-5-2-10(6-14(17)20(26)27)16-7-13(11-8-23-24-9-11)12-3-4-15(21)18(22)19(12)25-16/h2-9H,1H3,(H,23,24)(H,26,27). The van der Waals surface area contributed by atoms with Gasteiger partial charge in [0.15, 0.2) is 0 Å². The summed E-state index contributed by atoms with van der Waals surface area (Å²) in [5.41, 5.74) is 3.43. The number of nitrogens with one attached hydrogen (secondary N) is 1. The number of methoxy groups -OCH3 is 1. The molecule has 0 atom stereocenters. The fourth-order valence-corrected chi connectivity index (χ4v) is 3.41. The van der Waals surface area contributed by atoms with E-state index >= 15 is 0 Å². The number of fused-ring (bicyclic) bond motifs is 1. The fourth-order valence-electron chi connectivity index (χ4n) is 3.05. The molecule has 0 spiro atoms. The van der Waals surface area contributed by atoms with E-state index in [1.807, 2.05) is 12.1 Å². The number of hydrogen-bond donors (Lipinski definition) is 2. The number of aromatic carboxylic acids is 1. The quantitative estimate of drug-likeness (QED) is 0.473. The van der Waals surface area contributed by atoms with E-state index in [1.54, 1.807) is 30.6 Å². The second-order valence-corrected chi connectivity index (χ2v) is 6.80. The van der Waals surface area contributed by atoms with Crippen LogP contribution in [0.15, 0.2) is 48.8 Å². The number of aromatic nitrogens is 3. The van der Waals surface area contributed by atoms with Gasteiger partial charge in [0, 0.05) is 22.7 Å². The van der Waals surface area contributed by atoms with Gasteiger partial charge in [0.25, 0.3) is 0 Å². The number of H-pyrrole nitrogens is 1. The molecule has 4 aromatic rings. The zero-order valence-electron chi connectivity index (χ0n) is 14.5. The lowest BCUT2D eigenvalue weighted by molar-refractivity contribution is 0.0693. The largest absolute Gasteiger partial charge is 0.496 e. The van der Waals surface area contributed by atoms with Crippen LogP contribution in [0.25, 0.3) is 33.3 Å². The van der Waals surface area contributed by atoms with E-state index in [0.717, 1.165) is 16.5 Å². The third kappa shape index (κ3) is 3.06. The smallest absolute Gasteiger partial charge is 0.339 e. The zero-order chi connectivity index (χ0) is 19.8. The number of ether oxygens (including phenoxy) is 1.